The Balaban J connectivity index is 1.77. The summed E-state index contributed by atoms with van der Waals surface area (Å²) in [5.41, 5.74) is 0.691. The predicted octanol–water partition coefficient (Wildman–Crippen LogP) is 4.05. The lowest BCUT2D eigenvalue weighted by Gasteiger charge is -2.22. The average molecular weight is 284 g/mol. The molecule has 2 heterocycles. The van der Waals surface area contributed by atoms with Crippen LogP contribution in [0.1, 0.15) is 46.8 Å². The van der Waals surface area contributed by atoms with Crippen molar-refractivity contribution in [3.8, 4) is 0 Å². The van der Waals surface area contributed by atoms with E-state index >= 15 is 0 Å². The highest BCUT2D eigenvalue weighted by Gasteiger charge is 2.28. The summed E-state index contributed by atoms with van der Waals surface area (Å²) in [5.74, 6) is 0.444. The minimum atomic E-state index is -0.114. The predicted molar refractivity (Wildman–Crippen MR) is 76.1 cm³/mol. The molecular formula is C17H16O4. The molecule has 2 aromatic heterocycles. The van der Waals surface area contributed by atoms with Crippen LogP contribution in [0.5, 0.6) is 0 Å². The summed E-state index contributed by atoms with van der Waals surface area (Å²) < 4.78 is 10.3. The normalized spacial score (nSPS) is 18.3. The van der Waals surface area contributed by atoms with Gasteiger partial charge in [-0.2, -0.15) is 0 Å². The van der Waals surface area contributed by atoms with Gasteiger partial charge in [0.05, 0.1) is 12.5 Å². The van der Waals surface area contributed by atoms with E-state index < -0.39 is 0 Å². The van der Waals surface area contributed by atoms with Crippen molar-refractivity contribution < 1.29 is 18.4 Å². The van der Waals surface area contributed by atoms with Gasteiger partial charge in [-0.1, -0.05) is 6.08 Å². The zero-order chi connectivity index (χ0) is 14.7. The van der Waals surface area contributed by atoms with Gasteiger partial charge < -0.3 is 8.83 Å². The Morgan fingerprint density at radius 1 is 1.10 bits per heavy atom. The summed E-state index contributed by atoms with van der Waals surface area (Å²) in [7, 11) is 0. The molecule has 0 amide bonds. The summed E-state index contributed by atoms with van der Waals surface area (Å²) in [4.78, 5) is 24.6. The second-order valence-electron chi connectivity index (χ2n) is 5.20. The second kappa shape index (κ2) is 5.95. The van der Waals surface area contributed by atoms with E-state index in [4.69, 9.17) is 8.83 Å². The van der Waals surface area contributed by atoms with Gasteiger partial charge in [0, 0.05) is 12.0 Å². The van der Waals surface area contributed by atoms with E-state index in [1.807, 2.05) is 6.08 Å². The van der Waals surface area contributed by atoms with Crippen LogP contribution < -0.4 is 0 Å². The molecule has 0 radical (unpaired) electrons. The van der Waals surface area contributed by atoms with Gasteiger partial charge >= 0.3 is 0 Å². The fourth-order valence-electron chi connectivity index (χ4n) is 2.75. The first-order valence-electron chi connectivity index (χ1n) is 7.10. The topological polar surface area (TPSA) is 60.4 Å². The Morgan fingerprint density at radius 2 is 1.81 bits per heavy atom. The average Bonchev–Trinajstić information content (AvgIpc) is 3.20. The summed E-state index contributed by atoms with van der Waals surface area (Å²) in [6.45, 7) is 0. The van der Waals surface area contributed by atoms with Crippen LogP contribution in [0.4, 0.5) is 0 Å². The zero-order valence-electron chi connectivity index (χ0n) is 11.6. The monoisotopic (exact) mass is 284 g/mol. The van der Waals surface area contributed by atoms with Crippen molar-refractivity contribution in [3.05, 3.63) is 60.0 Å². The van der Waals surface area contributed by atoms with Crippen molar-refractivity contribution in [2.75, 3.05) is 0 Å². The van der Waals surface area contributed by atoms with E-state index in [1.165, 1.54) is 12.5 Å². The van der Waals surface area contributed by atoms with Gasteiger partial charge in [0.25, 0.3) is 0 Å². The maximum atomic E-state index is 12.4. The third-order valence-corrected chi connectivity index (χ3v) is 3.80. The van der Waals surface area contributed by atoms with Gasteiger partial charge in [-0.25, -0.2) is 0 Å². The lowest BCUT2D eigenvalue weighted by atomic mass is 9.81. The smallest absolute Gasteiger partial charge is 0.224 e. The number of ketones is 2. The fourth-order valence-corrected chi connectivity index (χ4v) is 2.75. The quantitative estimate of drug-likeness (QED) is 0.777. The standard InChI is InChI=1S/C17H16O4/c18-14(15-7-3-9-20-15)11-12-5-1-2-6-13(12)17(19)16-8-4-10-21-16/h3-4,6-10,12H,1-2,5,11H2/t12-/m1/s1. The van der Waals surface area contributed by atoms with E-state index in [1.54, 1.807) is 24.3 Å². The molecule has 21 heavy (non-hydrogen) atoms. The van der Waals surface area contributed by atoms with E-state index in [0.717, 1.165) is 19.3 Å². The van der Waals surface area contributed by atoms with Gasteiger partial charge in [-0.15, -0.1) is 0 Å². The summed E-state index contributed by atoms with van der Waals surface area (Å²) in [5, 5.41) is 0. The van der Waals surface area contributed by atoms with E-state index in [2.05, 4.69) is 0 Å². The largest absolute Gasteiger partial charge is 0.461 e. The molecule has 1 aliphatic rings. The highest BCUT2D eigenvalue weighted by atomic mass is 16.3. The minimum absolute atomic E-state index is 0.0612. The Labute approximate surface area is 122 Å². The van der Waals surface area contributed by atoms with Crippen molar-refractivity contribution in [1.82, 2.24) is 0 Å². The fraction of sp³-hybridized carbons (Fsp3) is 0.294. The molecule has 1 atom stereocenters. The van der Waals surface area contributed by atoms with Crippen molar-refractivity contribution in [2.45, 2.75) is 25.7 Å². The van der Waals surface area contributed by atoms with Gasteiger partial charge in [0.2, 0.25) is 5.78 Å². The number of carbonyl (C=O) groups is 2. The maximum absolute atomic E-state index is 12.4. The van der Waals surface area contributed by atoms with Crippen molar-refractivity contribution in [2.24, 2.45) is 5.92 Å². The van der Waals surface area contributed by atoms with Crippen molar-refractivity contribution in [3.63, 3.8) is 0 Å². The highest BCUT2D eigenvalue weighted by molar-refractivity contribution is 6.07. The molecule has 4 nitrogen and oxygen atoms in total. The molecule has 0 aromatic carbocycles. The molecule has 0 spiro atoms. The molecule has 0 saturated carbocycles. The zero-order valence-corrected chi connectivity index (χ0v) is 11.6. The molecule has 0 unspecified atom stereocenters. The highest BCUT2D eigenvalue weighted by Crippen LogP contribution is 2.31. The summed E-state index contributed by atoms with van der Waals surface area (Å²) in [6.07, 6.45) is 7.90. The van der Waals surface area contributed by atoms with Crippen molar-refractivity contribution in [1.29, 1.82) is 0 Å². The molecule has 0 fully saturated rings. The molecule has 1 aliphatic carbocycles. The van der Waals surface area contributed by atoms with Crippen LogP contribution in [0, 0.1) is 5.92 Å². The van der Waals surface area contributed by atoms with Gasteiger partial charge in [0.1, 0.15) is 0 Å². The van der Waals surface area contributed by atoms with Crippen LogP contribution in [0.3, 0.4) is 0 Å². The van der Waals surface area contributed by atoms with E-state index in [-0.39, 0.29) is 17.5 Å². The second-order valence-corrected chi connectivity index (χ2v) is 5.20. The van der Waals surface area contributed by atoms with Crippen LogP contribution >= 0.6 is 0 Å². The van der Waals surface area contributed by atoms with Crippen LogP contribution in [0.15, 0.2) is 57.3 Å². The number of Topliss-reactive ketones (excluding diaryl/α,β-unsaturated/α-hetero) is 2. The molecule has 3 rings (SSSR count). The summed E-state index contributed by atoms with van der Waals surface area (Å²) >= 11 is 0. The number of rotatable bonds is 5. The molecule has 0 N–H and O–H groups in total. The van der Waals surface area contributed by atoms with Gasteiger partial charge in [-0.05, 0) is 49.4 Å². The number of allylic oxidation sites excluding steroid dienone is 2. The minimum Gasteiger partial charge on any atom is -0.461 e. The van der Waals surface area contributed by atoms with Crippen LogP contribution in [-0.4, -0.2) is 11.6 Å². The number of hydrogen-bond acceptors (Lipinski definition) is 4. The van der Waals surface area contributed by atoms with Crippen LogP contribution in [0.2, 0.25) is 0 Å². The Morgan fingerprint density at radius 3 is 2.48 bits per heavy atom. The first kappa shape index (κ1) is 13.6. The first-order chi connectivity index (χ1) is 10.3. The lowest BCUT2D eigenvalue weighted by Crippen LogP contribution is -2.19. The van der Waals surface area contributed by atoms with Crippen molar-refractivity contribution >= 4 is 11.6 Å². The van der Waals surface area contributed by atoms with E-state index in [0.29, 0.717) is 23.5 Å². The third-order valence-electron chi connectivity index (χ3n) is 3.80. The maximum Gasteiger partial charge on any atom is 0.224 e. The first-order valence-corrected chi connectivity index (χ1v) is 7.10. The number of hydrogen-bond donors (Lipinski definition) is 0. The number of carbonyl (C=O) groups excluding carboxylic acids is 2. The van der Waals surface area contributed by atoms with Crippen LogP contribution in [0.25, 0.3) is 0 Å². The summed E-state index contributed by atoms with van der Waals surface area (Å²) in [6, 6.07) is 6.70. The molecule has 108 valence electrons. The number of furan rings is 2. The molecule has 4 heteroatoms. The molecule has 0 aliphatic heterocycles. The van der Waals surface area contributed by atoms with E-state index in [9.17, 15) is 9.59 Å². The van der Waals surface area contributed by atoms with Crippen LogP contribution in [-0.2, 0) is 0 Å². The SMILES string of the molecule is O=C(C[C@H]1CCCC=C1C(=O)c1ccco1)c1ccco1. The van der Waals surface area contributed by atoms with Gasteiger partial charge in [0.15, 0.2) is 17.3 Å². The molecule has 0 bridgehead atoms. The molecular weight excluding hydrogens is 268 g/mol. The Kier molecular flexibility index (Phi) is 3.86. The molecule has 0 saturated heterocycles. The molecule has 2 aromatic rings. The lowest BCUT2D eigenvalue weighted by molar-refractivity contribution is 0.0925. The third kappa shape index (κ3) is 2.89. The Bertz CT molecular complexity index is 647. The Hall–Kier alpha value is -2.36. The van der Waals surface area contributed by atoms with Gasteiger partial charge in [-0.3, -0.25) is 9.59 Å².